The summed E-state index contributed by atoms with van der Waals surface area (Å²) in [5, 5.41) is 15.7. The molecule has 0 radical (unpaired) electrons. The molecule has 2 rings (SSSR count). The van der Waals surface area contributed by atoms with Gasteiger partial charge in [0.2, 0.25) is 11.8 Å². The van der Waals surface area contributed by atoms with Gasteiger partial charge in [0.15, 0.2) is 0 Å². The van der Waals surface area contributed by atoms with Gasteiger partial charge in [-0.1, -0.05) is 56.3 Å². The number of phenolic OH excluding ortho intramolecular Hbond substituents is 1. The Balaban J connectivity index is 2.55. The van der Waals surface area contributed by atoms with Crippen LogP contribution in [0.25, 0.3) is 0 Å². The molecular formula is C35H51N3O7. The summed E-state index contributed by atoms with van der Waals surface area (Å²) in [6.45, 7) is 15.9. The first-order valence-corrected chi connectivity index (χ1v) is 15.5. The van der Waals surface area contributed by atoms with Gasteiger partial charge >= 0.3 is 12.1 Å². The lowest BCUT2D eigenvalue weighted by molar-refractivity contribution is -0.159. The lowest BCUT2D eigenvalue weighted by Gasteiger charge is -2.37. The molecule has 0 aromatic heterocycles. The predicted octanol–water partition coefficient (Wildman–Crippen LogP) is 5.68. The minimum atomic E-state index is -1.24. The number of carbonyl (C=O) groups is 4. The fourth-order valence-electron chi connectivity index (χ4n) is 4.71. The van der Waals surface area contributed by atoms with Crippen LogP contribution in [0.5, 0.6) is 5.75 Å². The topological polar surface area (TPSA) is 134 Å². The van der Waals surface area contributed by atoms with Gasteiger partial charge in [-0.15, -0.1) is 0 Å². The Labute approximate surface area is 267 Å². The number of amides is 3. The molecule has 2 aromatic carbocycles. The Morgan fingerprint density at radius 2 is 1.47 bits per heavy atom. The Hall–Kier alpha value is -4.08. The maximum atomic E-state index is 14.3. The number of aromatic hydroxyl groups is 1. The van der Waals surface area contributed by atoms with E-state index in [0.717, 1.165) is 12.0 Å². The minimum absolute atomic E-state index is 0.0904. The molecule has 0 aliphatic rings. The average molecular weight is 626 g/mol. The van der Waals surface area contributed by atoms with Crippen LogP contribution in [0, 0.1) is 5.92 Å². The van der Waals surface area contributed by atoms with Crippen LogP contribution in [-0.4, -0.2) is 63.7 Å². The molecule has 45 heavy (non-hydrogen) atoms. The largest absolute Gasteiger partial charge is 0.508 e. The van der Waals surface area contributed by atoms with Gasteiger partial charge in [-0.3, -0.25) is 9.59 Å². The van der Waals surface area contributed by atoms with Gasteiger partial charge in [-0.05, 0) is 90.5 Å². The molecule has 0 aliphatic heterocycles. The van der Waals surface area contributed by atoms with Crippen molar-refractivity contribution in [3.05, 3.63) is 65.7 Å². The van der Waals surface area contributed by atoms with E-state index in [1.54, 1.807) is 53.7 Å². The molecule has 0 spiro atoms. The van der Waals surface area contributed by atoms with Crippen molar-refractivity contribution in [2.24, 2.45) is 5.92 Å². The zero-order chi connectivity index (χ0) is 33.9. The lowest BCUT2D eigenvalue weighted by Crippen LogP contribution is -2.54. The summed E-state index contributed by atoms with van der Waals surface area (Å²) in [7, 11) is 0. The van der Waals surface area contributed by atoms with Gasteiger partial charge in [-0.2, -0.15) is 0 Å². The highest BCUT2D eigenvalue weighted by Crippen LogP contribution is 2.29. The van der Waals surface area contributed by atoms with E-state index < -0.39 is 59.7 Å². The smallest absolute Gasteiger partial charge is 0.408 e. The van der Waals surface area contributed by atoms with Crippen molar-refractivity contribution in [3.63, 3.8) is 0 Å². The molecule has 10 heteroatoms. The average Bonchev–Trinajstić information content (AvgIpc) is 2.91. The Kier molecular flexibility index (Phi) is 13.4. The van der Waals surface area contributed by atoms with E-state index >= 15 is 0 Å². The number of hydrogen-bond donors (Lipinski definition) is 3. The molecule has 0 saturated heterocycles. The molecule has 0 bridgehead atoms. The second-order valence-electron chi connectivity index (χ2n) is 13.8. The molecule has 0 fully saturated rings. The van der Waals surface area contributed by atoms with Crippen LogP contribution in [0.2, 0.25) is 0 Å². The maximum Gasteiger partial charge on any atom is 0.408 e. The number of carbonyl (C=O) groups excluding carboxylic acids is 4. The minimum Gasteiger partial charge on any atom is -0.508 e. The molecule has 3 amide bonds. The van der Waals surface area contributed by atoms with Crippen molar-refractivity contribution in [1.82, 2.24) is 15.5 Å². The number of benzene rings is 2. The molecule has 3 N–H and O–H groups in total. The standard InChI is InChI=1S/C35H51N3O7/c1-23(2)18-19-24(3)38(29(40)22-36-33(43)45-35(7,8)9)30(26-16-13-17-27(39)21-26)31(41)37-28(32(42)44-34(4,5)6)20-25-14-11-10-12-15-25/h10-17,21,23-24,28,30,39H,18-20,22H2,1-9H3,(H,36,43)(H,37,41). The first-order valence-electron chi connectivity index (χ1n) is 15.5. The van der Waals surface area contributed by atoms with Crippen molar-refractivity contribution >= 4 is 23.9 Å². The summed E-state index contributed by atoms with van der Waals surface area (Å²) >= 11 is 0. The van der Waals surface area contributed by atoms with E-state index in [1.165, 1.54) is 17.0 Å². The highest BCUT2D eigenvalue weighted by atomic mass is 16.6. The monoisotopic (exact) mass is 625 g/mol. The number of nitrogens with one attached hydrogen (secondary N) is 2. The Bertz CT molecular complexity index is 1280. The fourth-order valence-corrected chi connectivity index (χ4v) is 4.71. The molecule has 3 unspecified atom stereocenters. The van der Waals surface area contributed by atoms with Gasteiger partial charge in [-0.25, -0.2) is 9.59 Å². The van der Waals surface area contributed by atoms with Crippen LogP contribution >= 0.6 is 0 Å². The predicted molar refractivity (Wildman–Crippen MR) is 173 cm³/mol. The summed E-state index contributed by atoms with van der Waals surface area (Å²) in [5.74, 6) is -1.54. The number of rotatable bonds is 13. The van der Waals surface area contributed by atoms with Gasteiger partial charge < -0.3 is 30.1 Å². The lowest BCUT2D eigenvalue weighted by atomic mass is 9.97. The number of phenols is 1. The normalized spacial score (nSPS) is 13.7. The van der Waals surface area contributed by atoms with Crippen molar-refractivity contribution in [1.29, 1.82) is 0 Å². The van der Waals surface area contributed by atoms with Crippen LogP contribution in [0.3, 0.4) is 0 Å². The molecule has 248 valence electrons. The summed E-state index contributed by atoms with van der Waals surface area (Å²) in [6, 6.07) is 12.6. The highest BCUT2D eigenvalue weighted by Gasteiger charge is 2.37. The van der Waals surface area contributed by atoms with Gasteiger partial charge in [0.25, 0.3) is 0 Å². The second-order valence-corrected chi connectivity index (χ2v) is 13.8. The van der Waals surface area contributed by atoms with Crippen LogP contribution in [0.15, 0.2) is 54.6 Å². The second kappa shape index (κ2) is 16.3. The molecule has 2 aromatic rings. The van der Waals surface area contributed by atoms with Crippen molar-refractivity contribution in [2.45, 2.75) is 111 Å². The fraction of sp³-hybridized carbons (Fsp3) is 0.543. The molecule has 0 heterocycles. The van der Waals surface area contributed by atoms with E-state index in [1.807, 2.05) is 37.3 Å². The van der Waals surface area contributed by atoms with E-state index in [0.29, 0.717) is 17.9 Å². The van der Waals surface area contributed by atoms with E-state index in [9.17, 15) is 24.3 Å². The van der Waals surface area contributed by atoms with Crippen LogP contribution < -0.4 is 10.6 Å². The molecule has 10 nitrogen and oxygen atoms in total. The van der Waals surface area contributed by atoms with Gasteiger partial charge in [0.05, 0.1) is 0 Å². The van der Waals surface area contributed by atoms with Crippen LogP contribution in [-0.2, 0) is 30.3 Å². The molecule has 0 aliphatic carbocycles. The third-order valence-corrected chi connectivity index (χ3v) is 6.71. The van der Waals surface area contributed by atoms with Gasteiger partial charge in [0, 0.05) is 12.5 Å². The SMILES string of the molecule is CC(C)CCC(C)N(C(=O)CNC(=O)OC(C)(C)C)C(C(=O)NC(Cc1ccccc1)C(=O)OC(C)(C)C)c1cccc(O)c1. The van der Waals surface area contributed by atoms with Gasteiger partial charge in [0.1, 0.15) is 35.6 Å². The van der Waals surface area contributed by atoms with E-state index in [-0.39, 0.29) is 12.2 Å². The number of esters is 1. The third-order valence-electron chi connectivity index (χ3n) is 6.71. The first-order chi connectivity index (χ1) is 20.9. The third kappa shape index (κ3) is 13.2. The quantitative estimate of drug-likeness (QED) is 0.244. The van der Waals surface area contributed by atoms with Crippen molar-refractivity contribution in [3.8, 4) is 5.75 Å². The summed E-state index contributed by atoms with van der Waals surface area (Å²) in [6.07, 6.45) is 0.730. The maximum absolute atomic E-state index is 14.3. The zero-order valence-corrected chi connectivity index (χ0v) is 28.2. The van der Waals surface area contributed by atoms with Crippen molar-refractivity contribution < 1.29 is 33.8 Å². The molecule has 3 atom stereocenters. The Morgan fingerprint density at radius 3 is 2.02 bits per heavy atom. The zero-order valence-electron chi connectivity index (χ0n) is 28.2. The summed E-state index contributed by atoms with van der Waals surface area (Å²) < 4.78 is 11.0. The number of ether oxygens (including phenoxy) is 2. The summed E-state index contributed by atoms with van der Waals surface area (Å²) in [5.41, 5.74) is -0.418. The first kappa shape index (κ1) is 37.1. The molecule has 0 saturated carbocycles. The number of hydrogen-bond acceptors (Lipinski definition) is 7. The van der Waals surface area contributed by atoms with Crippen LogP contribution in [0.1, 0.15) is 92.3 Å². The van der Waals surface area contributed by atoms with Crippen molar-refractivity contribution in [2.75, 3.05) is 6.54 Å². The Morgan fingerprint density at radius 1 is 0.844 bits per heavy atom. The highest BCUT2D eigenvalue weighted by molar-refractivity contribution is 5.93. The van der Waals surface area contributed by atoms with Crippen LogP contribution in [0.4, 0.5) is 4.79 Å². The summed E-state index contributed by atoms with van der Waals surface area (Å²) in [4.78, 5) is 55.5. The van der Waals surface area contributed by atoms with E-state index in [2.05, 4.69) is 24.5 Å². The molecular weight excluding hydrogens is 574 g/mol. The van der Waals surface area contributed by atoms with E-state index in [4.69, 9.17) is 9.47 Å². The number of nitrogens with zero attached hydrogens (tertiary/aromatic N) is 1. The number of alkyl carbamates (subject to hydrolysis) is 1.